The summed E-state index contributed by atoms with van der Waals surface area (Å²) in [5, 5.41) is 63.4. The normalized spacial score (nSPS) is 31.9. The largest absolute Gasteiger partial charge is 0.394 e. The molecule has 8 N–H and O–H groups in total. The van der Waals surface area contributed by atoms with Crippen molar-refractivity contribution >= 4 is 15.9 Å². The highest BCUT2D eigenvalue weighted by Crippen LogP contribution is 2.30. The summed E-state index contributed by atoms with van der Waals surface area (Å²) < 4.78 is 54.6. The van der Waals surface area contributed by atoms with E-state index < -0.39 is 90.5 Å². The minimum atomic E-state index is -3.83. The number of hydrogen-bond donors (Lipinski definition) is 8. The molecule has 1 amide bonds. The van der Waals surface area contributed by atoms with E-state index in [1.807, 2.05) is 34.9 Å². The fraction of sp³-hybridized carbons (Fsp3) is 0.643. The molecule has 2 aromatic rings. The molecular formula is C28H43N4O13S+. The van der Waals surface area contributed by atoms with E-state index >= 15 is 0 Å². The first-order valence-electron chi connectivity index (χ1n) is 14.7. The third-order valence-corrected chi connectivity index (χ3v) is 9.16. The van der Waals surface area contributed by atoms with Crippen molar-refractivity contribution in [1.82, 2.24) is 14.6 Å². The van der Waals surface area contributed by atoms with E-state index in [0.29, 0.717) is 6.54 Å². The summed E-state index contributed by atoms with van der Waals surface area (Å²) in [5.74, 6) is -0.569. The zero-order valence-electron chi connectivity index (χ0n) is 25.4. The first-order chi connectivity index (χ1) is 21.8. The van der Waals surface area contributed by atoms with E-state index in [1.165, 1.54) is 19.1 Å². The maximum Gasteiger partial charge on any atom is 0.243 e. The maximum atomic E-state index is 12.8. The second-order valence-corrected chi connectivity index (χ2v) is 13.0. The van der Waals surface area contributed by atoms with Crippen molar-refractivity contribution < 1.29 is 67.4 Å². The summed E-state index contributed by atoms with van der Waals surface area (Å²) in [6.07, 6.45) is -7.89. The number of aliphatic hydroxyl groups excluding tert-OH is 6. The number of hydrogen-bond acceptors (Lipinski definition) is 13. The highest BCUT2D eigenvalue weighted by Gasteiger charge is 2.51. The van der Waals surface area contributed by atoms with Crippen LogP contribution < -0.4 is 14.6 Å². The predicted molar refractivity (Wildman–Crippen MR) is 155 cm³/mol. The third kappa shape index (κ3) is 8.85. The Morgan fingerprint density at radius 2 is 1.63 bits per heavy atom. The molecular weight excluding hydrogens is 632 g/mol. The number of imidazole rings is 1. The maximum absolute atomic E-state index is 12.8. The number of carbonyl (C=O) groups is 1. The van der Waals surface area contributed by atoms with Crippen LogP contribution in [0.25, 0.3) is 0 Å². The molecule has 10 atom stereocenters. The number of rotatable bonds is 14. The van der Waals surface area contributed by atoms with E-state index in [9.17, 15) is 43.9 Å². The number of sulfonamides is 1. The second-order valence-electron chi connectivity index (χ2n) is 11.3. The molecule has 4 rings (SSSR count). The summed E-state index contributed by atoms with van der Waals surface area (Å²) >= 11 is 0. The van der Waals surface area contributed by atoms with Crippen LogP contribution in [0.4, 0.5) is 0 Å². The van der Waals surface area contributed by atoms with Crippen molar-refractivity contribution in [3.63, 3.8) is 0 Å². The van der Waals surface area contributed by atoms with Crippen LogP contribution in [0.15, 0.2) is 47.9 Å². The van der Waals surface area contributed by atoms with E-state index in [2.05, 4.69) is 10.0 Å². The summed E-state index contributed by atoms with van der Waals surface area (Å²) in [6.45, 7) is 0.260. The average molecular weight is 676 g/mol. The SMILES string of the molecule is CC(=O)N[C@H]1[C@H](OCCCNS(=O)(=O)c2ccc(Cn3cc[n+](C)c3)cc2)O[C@H](CO)[C@@H](O)[C@@H]1O[C@@H]1O[C@H](CO)[C@H](O)[C@H](O)[C@H]1O. The van der Waals surface area contributed by atoms with Crippen molar-refractivity contribution in [2.24, 2.45) is 7.05 Å². The molecule has 46 heavy (non-hydrogen) atoms. The summed E-state index contributed by atoms with van der Waals surface area (Å²) in [4.78, 5) is 12.2. The first-order valence-corrected chi connectivity index (χ1v) is 16.2. The fourth-order valence-electron chi connectivity index (χ4n) is 5.24. The number of aliphatic hydroxyl groups is 6. The monoisotopic (exact) mass is 675 g/mol. The first kappa shape index (κ1) is 36.2. The fourth-order valence-corrected chi connectivity index (χ4v) is 6.31. The molecule has 258 valence electrons. The Labute approximate surface area is 266 Å². The van der Waals surface area contributed by atoms with Crippen molar-refractivity contribution in [2.45, 2.75) is 86.1 Å². The van der Waals surface area contributed by atoms with Gasteiger partial charge < -0.3 is 54.9 Å². The topological polar surface area (TPSA) is 242 Å². The Morgan fingerprint density at radius 3 is 2.24 bits per heavy atom. The van der Waals surface area contributed by atoms with Crippen LogP contribution >= 0.6 is 0 Å². The van der Waals surface area contributed by atoms with Gasteiger partial charge in [-0.25, -0.2) is 22.3 Å². The van der Waals surface area contributed by atoms with Crippen LogP contribution in [0.3, 0.4) is 0 Å². The smallest absolute Gasteiger partial charge is 0.243 e. The number of carbonyl (C=O) groups excluding carboxylic acids is 1. The van der Waals surface area contributed by atoms with Crippen molar-refractivity contribution in [1.29, 1.82) is 0 Å². The number of ether oxygens (including phenoxy) is 4. The van der Waals surface area contributed by atoms with Gasteiger partial charge in [0, 0.05) is 13.5 Å². The molecule has 2 aliphatic rings. The molecule has 18 heteroatoms. The van der Waals surface area contributed by atoms with Crippen molar-refractivity contribution in [3.8, 4) is 0 Å². The lowest BCUT2D eigenvalue weighted by Crippen LogP contribution is -2.68. The number of aryl methyl sites for hydroxylation is 1. The van der Waals surface area contributed by atoms with E-state index in [-0.39, 0.29) is 24.5 Å². The Hall–Kier alpha value is -2.59. The zero-order valence-corrected chi connectivity index (χ0v) is 26.2. The predicted octanol–water partition coefficient (Wildman–Crippen LogP) is -4.19. The van der Waals surface area contributed by atoms with Crippen LogP contribution in [0.2, 0.25) is 0 Å². The number of benzene rings is 1. The van der Waals surface area contributed by atoms with Crippen LogP contribution in [-0.4, -0.2) is 137 Å². The van der Waals surface area contributed by atoms with Crippen LogP contribution in [0.1, 0.15) is 18.9 Å². The standard InChI is InChI=1S/C28H42N4O13S/c1-16(35)30-21-26(45-28-25(39)24(38)22(36)19(13-33)44-28)23(37)20(14-34)43-27(21)42-11-3-8-29-46(40,41)18-6-4-17(5-7-18)12-32-10-9-31(2)15-32/h4-7,9-10,15,19-29,33-34,36-39H,3,8,11-14H2,1-2H3/p+1/t19-,20-,21-,22+,23-,24+,25-,26-,27-,28+/m1/s1. The van der Waals surface area contributed by atoms with Gasteiger partial charge in [-0.2, -0.15) is 0 Å². The molecule has 2 saturated heterocycles. The Kier molecular flexibility index (Phi) is 12.6. The van der Waals surface area contributed by atoms with Crippen LogP contribution in [0, 0.1) is 0 Å². The van der Waals surface area contributed by atoms with Gasteiger partial charge in [-0.15, -0.1) is 0 Å². The zero-order chi connectivity index (χ0) is 33.6. The van der Waals surface area contributed by atoms with Gasteiger partial charge in [0.25, 0.3) is 0 Å². The quantitative estimate of drug-likeness (QED) is 0.0701. The Bertz CT molecular complexity index is 1380. The molecule has 0 radical (unpaired) electrons. The molecule has 0 bridgehead atoms. The summed E-state index contributed by atoms with van der Waals surface area (Å²) in [7, 11) is -1.92. The van der Waals surface area contributed by atoms with Gasteiger partial charge in [-0.05, 0) is 24.1 Å². The Morgan fingerprint density at radius 1 is 0.978 bits per heavy atom. The molecule has 0 aliphatic carbocycles. The lowest BCUT2D eigenvalue weighted by Gasteiger charge is -2.47. The average Bonchev–Trinajstić information content (AvgIpc) is 3.43. The number of aromatic nitrogens is 2. The molecule has 1 aromatic carbocycles. The number of nitrogens with zero attached hydrogens (tertiary/aromatic N) is 2. The van der Waals surface area contributed by atoms with Gasteiger partial charge in [-0.3, -0.25) is 4.79 Å². The molecule has 2 aliphatic heterocycles. The van der Waals surface area contributed by atoms with Crippen LogP contribution in [0.5, 0.6) is 0 Å². The lowest BCUT2D eigenvalue weighted by atomic mass is 9.95. The highest BCUT2D eigenvalue weighted by atomic mass is 32.2. The number of nitrogens with one attached hydrogen (secondary N) is 2. The lowest BCUT2D eigenvalue weighted by molar-refractivity contribution is -0.671. The molecule has 0 unspecified atom stereocenters. The van der Waals surface area contributed by atoms with Gasteiger partial charge in [0.2, 0.25) is 22.3 Å². The molecule has 3 heterocycles. The Balaban J connectivity index is 1.35. The number of amides is 1. The van der Waals surface area contributed by atoms with E-state index in [4.69, 9.17) is 18.9 Å². The van der Waals surface area contributed by atoms with E-state index in [1.54, 1.807) is 12.1 Å². The minimum absolute atomic E-state index is 0.0155. The van der Waals surface area contributed by atoms with Gasteiger partial charge in [0.05, 0.1) is 31.8 Å². The van der Waals surface area contributed by atoms with Crippen molar-refractivity contribution in [2.75, 3.05) is 26.4 Å². The molecule has 2 fully saturated rings. The molecule has 17 nitrogen and oxygen atoms in total. The summed E-state index contributed by atoms with van der Waals surface area (Å²) in [5.41, 5.74) is 0.921. The molecule has 1 aromatic heterocycles. The second kappa shape index (κ2) is 16.0. The highest BCUT2D eigenvalue weighted by molar-refractivity contribution is 7.89. The minimum Gasteiger partial charge on any atom is -0.394 e. The molecule has 0 spiro atoms. The third-order valence-electron chi connectivity index (χ3n) is 7.68. The van der Waals surface area contributed by atoms with E-state index in [0.717, 1.165) is 5.56 Å². The molecule has 0 saturated carbocycles. The van der Waals surface area contributed by atoms with Crippen LogP contribution in [-0.2, 0) is 47.4 Å². The van der Waals surface area contributed by atoms with Crippen molar-refractivity contribution in [3.05, 3.63) is 48.5 Å². The van der Waals surface area contributed by atoms with Gasteiger partial charge >= 0.3 is 0 Å². The van der Waals surface area contributed by atoms with Gasteiger partial charge in [-0.1, -0.05) is 12.1 Å². The summed E-state index contributed by atoms with van der Waals surface area (Å²) in [6, 6.07) is 5.26. The van der Waals surface area contributed by atoms with Gasteiger partial charge in [0.1, 0.15) is 67.7 Å². The van der Waals surface area contributed by atoms with Gasteiger partial charge in [0.15, 0.2) is 12.6 Å².